The molecule has 0 aliphatic heterocycles. The molecular formula is C13H23NO2. The third kappa shape index (κ3) is 4.22. The number of hydrogen-bond acceptors (Lipinski definition) is 3. The van der Waals surface area contributed by atoms with Crippen molar-refractivity contribution in [3.05, 3.63) is 0 Å². The van der Waals surface area contributed by atoms with E-state index in [1.807, 2.05) is 13.8 Å². The molecule has 16 heavy (non-hydrogen) atoms. The number of carbonyl (C=O) groups excluding carboxylic acids is 1. The fourth-order valence-corrected chi connectivity index (χ4v) is 1.72. The summed E-state index contributed by atoms with van der Waals surface area (Å²) in [7, 11) is 0. The van der Waals surface area contributed by atoms with Gasteiger partial charge in [0.2, 0.25) is 0 Å². The molecule has 0 aliphatic rings. The highest BCUT2D eigenvalue weighted by molar-refractivity contribution is 5.80. The molecule has 3 nitrogen and oxygen atoms in total. The summed E-state index contributed by atoms with van der Waals surface area (Å²) in [4.78, 5) is 11.9. The fraction of sp³-hybridized carbons (Fsp3) is 0.846. The van der Waals surface area contributed by atoms with Crippen molar-refractivity contribution in [2.75, 3.05) is 6.61 Å². The van der Waals surface area contributed by atoms with Crippen molar-refractivity contribution in [2.24, 2.45) is 5.41 Å². The van der Waals surface area contributed by atoms with Crippen molar-refractivity contribution < 1.29 is 9.53 Å². The Morgan fingerprint density at radius 2 is 1.88 bits per heavy atom. The third-order valence-corrected chi connectivity index (χ3v) is 2.68. The molecule has 0 saturated carbocycles. The molecule has 0 spiro atoms. The van der Waals surface area contributed by atoms with Crippen LogP contribution in [-0.4, -0.2) is 12.6 Å². The van der Waals surface area contributed by atoms with Crippen LogP contribution in [0.1, 0.15) is 59.3 Å². The Kier molecular flexibility index (Phi) is 7.62. The van der Waals surface area contributed by atoms with Gasteiger partial charge in [0.25, 0.3) is 0 Å². The summed E-state index contributed by atoms with van der Waals surface area (Å²) in [6.45, 7) is 6.42. The maximum atomic E-state index is 11.9. The molecule has 0 saturated heterocycles. The van der Waals surface area contributed by atoms with Gasteiger partial charge < -0.3 is 4.74 Å². The van der Waals surface area contributed by atoms with Gasteiger partial charge in [0.15, 0.2) is 5.41 Å². The van der Waals surface area contributed by atoms with Gasteiger partial charge in [0.05, 0.1) is 12.7 Å². The van der Waals surface area contributed by atoms with E-state index in [1.54, 1.807) is 0 Å². The lowest BCUT2D eigenvalue weighted by Gasteiger charge is -2.23. The van der Waals surface area contributed by atoms with Crippen molar-refractivity contribution in [2.45, 2.75) is 59.3 Å². The Balaban J connectivity index is 4.60. The topological polar surface area (TPSA) is 50.1 Å². The molecule has 0 bridgehead atoms. The quantitative estimate of drug-likeness (QED) is 0.594. The van der Waals surface area contributed by atoms with Gasteiger partial charge in [0, 0.05) is 0 Å². The van der Waals surface area contributed by atoms with Crippen molar-refractivity contribution in [1.82, 2.24) is 0 Å². The largest absolute Gasteiger partial charge is 0.465 e. The van der Waals surface area contributed by atoms with Crippen LogP contribution in [0.4, 0.5) is 0 Å². The molecule has 0 heterocycles. The summed E-state index contributed by atoms with van der Waals surface area (Å²) in [5.74, 6) is -0.327. The number of unbranched alkanes of at least 4 members (excludes halogenated alkanes) is 1. The second-order valence-corrected chi connectivity index (χ2v) is 4.18. The van der Waals surface area contributed by atoms with Gasteiger partial charge in [-0.1, -0.05) is 40.0 Å². The van der Waals surface area contributed by atoms with Gasteiger partial charge in [-0.25, -0.2) is 0 Å². The summed E-state index contributed by atoms with van der Waals surface area (Å²) < 4.78 is 5.14. The van der Waals surface area contributed by atoms with E-state index in [9.17, 15) is 10.1 Å². The van der Waals surface area contributed by atoms with Crippen molar-refractivity contribution in [3.63, 3.8) is 0 Å². The van der Waals surface area contributed by atoms with Crippen LogP contribution >= 0.6 is 0 Å². The Bertz CT molecular complexity index is 245. The number of nitriles is 1. The number of ether oxygens (including phenoxy) is 1. The molecule has 0 N–H and O–H groups in total. The predicted octanol–water partition coefficient (Wildman–Crippen LogP) is 3.44. The first-order valence-electron chi connectivity index (χ1n) is 6.25. The monoisotopic (exact) mass is 225 g/mol. The molecule has 0 aromatic rings. The maximum absolute atomic E-state index is 11.9. The average molecular weight is 225 g/mol. The smallest absolute Gasteiger partial charge is 0.326 e. The molecular weight excluding hydrogens is 202 g/mol. The van der Waals surface area contributed by atoms with E-state index in [0.29, 0.717) is 19.4 Å². The van der Waals surface area contributed by atoms with Crippen LogP contribution in [0.2, 0.25) is 0 Å². The van der Waals surface area contributed by atoms with E-state index >= 15 is 0 Å². The SMILES string of the molecule is CCCCC(C#N)(CCC)C(=O)OCCC. The molecule has 0 aromatic carbocycles. The number of rotatable bonds is 8. The zero-order valence-electron chi connectivity index (χ0n) is 10.7. The Hall–Kier alpha value is -1.04. The highest BCUT2D eigenvalue weighted by Crippen LogP contribution is 2.31. The molecule has 0 rings (SSSR count). The normalized spacial score (nSPS) is 13.9. The van der Waals surface area contributed by atoms with Crippen LogP contribution in [0.15, 0.2) is 0 Å². The fourth-order valence-electron chi connectivity index (χ4n) is 1.72. The van der Waals surface area contributed by atoms with Crippen LogP contribution in [-0.2, 0) is 9.53 Å². The van der Waals surface area contributed by atoms with Crippen molar-refractivity contribution >= 4 is 5.97 Å². The highest BCUT2D eigenvalue weighted by Gasteiger charge is 2.38. The molecule has 0 aliphatic carbocycles. The van der Waals surface area contributed by atoms with Crippen LogP contribution in [0, 0.1) is 16.7 Å². The minimum Gasteiger partial charge on any atom is -0.465 e. The van der Waals surface area contributed by atoms with Crippen LogP contribution in [0.3, 0.4) is 0 Å². The lowest BCUT2D eigenvalue weighted by molar-refractivity contribution is -0.153. The molecule has 0 amide bonds. The van der Waals surface area contributed by atoms with Crippen molar-refractivity contribution in [3.8, 4) is 6.07 Å². The van der Waals surface area contributed by atoms with Gasteiger partial charge in [-0.15, -0.1) is 0 Å². The second-order valence-electron chi connectivity index (χ2n) is 4.18. The van der Waals surface area contributed by atoms with Crippen LogP contribution in [0.25, 0.3) is 0 Å². The molecule has 1 atom stereocenters. The summed E-state index contributed by atoms with van der Waals surface area (Å²) in [6.07, 6.45) is 4.75. The Morgan fingerprint density at radius 1 is 1.19 bits per heavy atom. The standard InChI is InChI=1S/C13H23NO2/c1-4-7-9-13(11-14,8-5-2)12(15)16-10-6-3/h4-10H2,1-3H3. The third-order valence-electron chi connectivity index (χ3n) is 2.68. The first-order chi connectivity index (χ1) is 7.66. The zero-order valence-corrected chi connectivity index (χ0v) is 10.7. The lowest BCUT2D eigenvalue weighted by atomic mass is 9.80. The number of nitrogens with zero attached hydrogens (tertiary/aromatic N) is 1. The zero-order chi connectivity index (χ0) is 12.4. The minimum atomic E-state index is -0.903. The van der Waals surface area contributed by atoms with Gasteiger partial charge in [-0.05, 0) is 19.3 Å². The van der Waals surface area contributed by atoms with Gasteiger partial charge in [-0.3, -0.25) is 4.79 Å². The summed E-state index contributed by atoms with van der Waals surface area (Å²) in [5.41, 5.74) is -0.903. The predicted molar refractivity (Wildman–Crippen MR) is 63.7 cm³/mol. The summed E-state index contributed by atoms with van der Waals surface area (Å²) >= 11 is 0. The maximum Gasteiger partial charge on any atom is 0.326 e. The van der Waals surface area contributed by atoms with E-state index in [2.05, 4.69) is 13.0 Å². The second kappa shape index (κ2) is 8.15. The van der Waals surface area contributed by atoms with E-state index < -0.39 is 5.41 Å². The molecule has 0 fully saturated rings. The molecule has 0 radical (unpaired) electrons. The van der Waals surface area contributed by atoms with E-state index in [0.717, 1.165) is 25.7 Å². The molecule has 0 aromatic heterocycles. The number of esters is 1. The van der Waals surface area contributed by atoms with E-state index in [4.69, 9.17) is 4.74 Å². The van der Waals surface area contributed by atoms with Gasteiger partial charge >= 0.3 is 5.97 Å². The number of hydrogen-bond donors (Lipinski definition) is 0. The average Bonchev–Trinajstić information content (AvgIpc) is 2.31. The molecule has 1 unspecified atom stereocenters. The van der Waals surface area contributed by atoms with Gasteiger partial charge in [-0.2, -0.15) is 5.26 Å². The van der Waals surface area contributed by atoms with E-state index in [-0.39, 0.29) is 5.97 Å². The first-order valence-corrected chi connectivity index (χ1v) is 6.25. The summed E-state index contributed by atoms with van der Waals surface area (Å²) in [6, 6.07) is 2.19. The molecule has 92 valence electrons. The van der Waals surface area contributed by atoms with Crippen LogP contribution < -0.4 is 0 Å². The summed E-state index contributed by atoms with van der Waals surface area (Å²) in [5, 5.41) is 9.25. The first kappa shape index (κ1) is 15.0. The Labute approximate surface area is 98.8 Å². The number of carbonyl (C=O) groups is 1. The molecule has 3 heteroatoms. The Morgan fingerprint density at radius 3 is 2.31 bits per heavy atom. The lowest BCUT2D eigenvalue weighted by Crippen LogP contribution is -2.31. The van der Waals surface area contributed by atoms with Crippen LogP contribution in [0.5, 0.6) is 0 Å². The van der Waals surface area contributed by atoms with Gasteiger partial charge in [0.1, 0.15) is 0 Å². The van der Waals surface area contributed by atoms with Crippen molar-refractivity contribution in [1.29, 1.82) is 5.26 Å². The minimum absolute atomic E-state index is 0.327. The van der Waals surface area contributed by atoms with E-state index in [1.165, 1.54) is 0 Å². The highest BCUT2D eigenvalue weighted by atomic mass is 16.5.